The topological polar surface area (TPSA) is 50.2 Å². The molecule has 1 aromatic heterocycles. The second-order valence-electron chi connectivity index (χ2n) is 7.59. The van der Waals surface area contributed by atoms with E-state index in [1.54, 1.807) is 4.68 Å². The molecule has 2 aromatic rings. The SMILES string of the molecule is Cl.Cn1cc([C@H]2CNC[C@@H]2C(=O)N2CCC(Cc3ccc(F)cc3)C2)cn1. The zero-order valence-corrected chi connectivity index (χ0v) is 16.3. The maximum absolute atomic E-state index is 13.1. The number of halogens is 2. The van der Waals surface area contributed by atoms with Crippen LogP contribution >= 0.6 is 12.4 Å². The highest BCUT2D eigenvalue weighted by Gasteiger charge is 2.39. The fraction of sp³-hybridized carbons (Fsp3) is 0.500. The molecule has 2 saturated heterocycles. The van der Waals surface area contributed by atoms with Crippen molar-refractivity contribution < 1.29 is 9.18 Å². The molecule has 0 saturated carbocycles. The predicted molar refractivity (Wildman–Crippen MR) is 104 cm³/mol. The molecule has 1 N–H and O–H groups in total. The molecule has 0 radical (unpaired) electrons. The third-order valence-corrected chi connectivity index (χ3v) is 5.72. The van der Waals surface area contributed by atoms with E-state index in [2.05, 4.69) is 10.4 Å². The monoisotopic (exact) mass is 392 g/mol. The summed E-state index contributed by atoms with van der Waals surface area (Å²) in [5, 5.41) is 7.63. The van der Waals surface area contributed by atoms with Gasteiger partial charge in [-0.15, -0.1) is 12.4 Å². The van der Waals surface area contributed by atoms with Gasteiger partial charge in [0.2, 0.25) is 5.91 Å². The first-order valence-electron chi connectivity index (χ1n) is 9.32. The summed E-state index contributed by atoms with van der Waals surface area (Å²) in [5.74, 6) is 0.698. The van der Waals surface area contributed by atoms with Crippen molar-refractivity contribution in [2.75, 3.05) is 26.2 Å². The number of aryl methyl sites for hydroxylation is 1. The Morgan fingerprint density at radius 2 is 2.07 bits per heavy atom. The Labute approximate surface area is 165 Å². The molecule has 1 unspecified atom stereocenters. The minimum Gasteiger partial charge on any atom is -0.342 e. The van der Waals surface area contributed by atoms with E-state index in [4.69, 9.17) is 0 Å². The van der Waals surface area contributed by atoms with E-state index in [0.717, 1.165) is 50.1 Å². The van der Waals surface area contributed by atoms with Crippen molar-refractivity contribution in [2.24, 2.45) is 18.9 Å². The van der Waals surface area contributed by atoms with Crippen LogP contribution in [0.4, 0.5) is 4.39 Å². The van der Waals surface area contributed by atoms with Gasteiger partial charge >= 0.3 is 0 Å². The molecule has 7 heteroatoms. The fourth-order valence-electron chi connectivity index (χ4n) is 4.31. The van der Waals surface area contributed by atoms with Crippen LogP contribution in [0, 0.1) is 17.7 Å². The van der Waals surface area contributed by atoms with Crippen molar-refractivity contribution in [3.8, 4) is 0 Å². The van der Waals surface area contributed by atoms with Crippen LogP contribution in [0.1, 0.15) is 23.5 Å². The molecule has 3 heterocycles. The smallest absolute Gasteiger partial charge is 0.227 e. The Hall–Kier alpha value is -1.92. The molecule has 0 spiro atoms. The lowest BCUT2D eigenvalue weighted by Gasteiger charge is -2.24. The van der Waals surface area contributed by atoms with E-state index < -0.39 is 0 Å². The highest BCUT2D eigenvalue weighted by atomic mass is 35.5. The van der Waals surface area contributed by atoms with Gasteiger partial charge in [0.15, 0.2) is 0 Å². The highest BCUT2D eigenvalue weighted by molar-refractivity contribution is 5.85. The van der Waals surface area contributed by atoms with Crippen molar-refractivity contribution in [1.29, 1.82) is 0 Å². The van der Waals surface area contributed by atoms with Gasteiger partial charge < -0.3 is 10.2 Å². The minimum absolute atomic E-state index is 0. The predicted octanol–water partition coefficient (Wildman–Crippen LogP) is 2.38. The second kappa shape index (κ2) is 8.40. The van der Waals surface area contributed by atoms with Crippen LogP contribution in [0.25, 0.3) is 0 Å². The molecule has 1 amide bonds. The molecule has 2 aliphatic heterocycles. The van der Waals surface area contributed by atoms with E-state index in [-0.39, 0.29) is 36.0 Å². The molecule has 2 fully saturated rings. The number of benzene rings is 1. The summed E-state index contributed by atoms with van der Waals surface area (Å²) in [4.78, 5) is 15.1. The van der Waals surface area contributed by atoms with Crippen LogP contribution in [0.2, 0.25) is 0 Å². The summed E-state index contributed by atoms with van der Waals surface area (Å²) in [5.41, 5.74) is 2.28. The Morgan fingerprint density at radius 1 is 1.30 bits per heavy atom. The molecule has 3 atom stereocenters. The van der Waals surface area contributed by atoms with Crippen molar-refractivity contribution in [3.63, 3.8) is 0 Å². The number of carbonyl (C=O) groups is 1. The van der Waals surface area contributed by atoms with Gasteiger partial charge in [-0.1, -0.05) is 12.1 Å². The molecular weight excluding hydrogens is 367 g/mol. The van der Waals surface area contributed by atoms with Gasteiger partial charge in [-0.3, -0.25) is 9.48 Å². The van der Waals surface area contributed by atoms with Crippen LogP contribution in [0.15, 0.2) is 36.7 Å². The van der Waals surface area contributed by atoms with E-state index >= 15 is 0 Å². The van der Waals surface area contributed by atoms with Crippen LogP contribution in [0.3, 0.4) is 0 Å². The Kier molecular flexibility index (Phi) is 6.17. The van der Waals surface area contributed by atoms with E-state index in [0.29, 0.717) is 5.92 Å². The van der Waals surface area contributed by atoms with Gasteiger partial charge in [-0.2, -0.15) is 5.10 Å². The first kappa shape index (κ1) is 19.8. The summed E-state index contributed by atoms with van der Waals surface area (Å²) in [6.45, 7) is 3.18. The van der Waals surface area contributed by atoms with Gasteiger partial charge in [-0.25, -0.2) is 4.39 Å². The largest absolute Gasteiger partial charge is 0.342 e. The standard InChI is InChI=1S/C20H25FN4O.ClH/c1-24-13-16(9-23-24)18-10-22-11-19(18)20(26)25-7-6-15(12-25)8-14-2-4-17(21)5-3-14;/h2-5,9,13,15,18-19,22H,6-8,10-12H2,1H3;1H/t15?,18-,19+;/m1./s1. The second-order valence-corrected chi connectivity index (χ2v) is 7.59. The number of aromatic nitrogens is 2. The number of hydrogen-bond donors (Lipinski definition) is 1. The van der Waals surface area contributed by atoms with E-state index in [9.17, 15) is 9.18 Å². The number of amides is 1. The van der Waals surface area contributed by atoms with Crippen molar-refractivity contribution >= 4 is 18.3 Å². The number of likely N-dealkylation sites (tertiary alicyclic amines) is 1. The lowest BCUT2D eigenvalue weighted by atomic mass is 9.90. The van der Waals surface area contributed by atoms with Gasteiger partial charge in [-0.05, 0) is 42.0 Å². The quantitative estimate of drug-likeness (QED) is 0.869. The number of hydrogen-bond acceptors (Lipinski definition) is 3. The van der Waals surface area contributed by atoms with Crippen molar-refractivity contribution in [2.45, 2.75) is 18.8 Å². The van der Waals surface area contributed by atoms with Gasteiger partial charge in [0.1, 0.15) is 5.82 Å². The molecule has 2 aliphatic rings. The number of rotatable bonds is 4. The summed E-state index contributed by atoms with van der Waals surface area (Å²) < 4.78 is 14.8. The van der Waals surface area contributed by atoms with Crippen molar-refractivity contribution in [3.05, 3.63) is 53.6 Å². The first-order valence-corrected chi connectivity index (χ1v) is 9.32. The van der Waals surface area contributed by atoms with E-state index in [1.165, 1.54) is 12.1 Å². The third-order valence-electron chi connectivity index (χ3n) is 5.72. The maximum atomic E-state index is 13.1. The minimum atomic E-state index is -0.202. The number of nitrogens with one attached hydrogen (secondary N) is 1. The number of carbonyl (C=O) groups excluding carboxylic acids is 1. The van der Waals surface area contributed by atoms with Gasteiger partial charge in [0, 0.05) is 45.3 Å². The average molecular weight is 393 g/mol. The molecule has 5 nitrogen and oxygen atoms in total. The number of nitrogens with zero attached hydrogens (tertiary/aromatic N) is 3. The van der Waals surface area contributed by atoms with Crippen LogP contribution in [0.5, 0.6) is 0 Å². The average Bonchev–Trinajstić information content (AvgIpc) is 3.36. The maximum Gasteiger partial charge on any atom is 0.227 e. The molecule has 146 valence electrons. The lowest BCUT2D eigenvalue weighted by Crippen LogP contribution is -2.37. The van der Waals surface area contributed by atoms with Crippen LogP contribution < -0.4 is 5.32 Å². The Morgan fingerprint density at radius 3 is 2.78 bits per heavy atom. The van der Waals surface area contributed by atoms with Crippen LogP contribution in [-0.4, -0.2) is 46.8 Å². The van der Waals surface area contributed by atoms with Crippen LogP contribution in [-0.2, 0) is 18.3 Å². The zero-order valence-electron chi connectivity index (χ0n) is 15.5. The third kappa shape index (κ3) is 4.33. The molecule has 1 aromatic carbocycles. The molecule has 0 bridgehead atoms. The first-order chi connectivity index (χ1) is 12.6. The van der Waals surface area contributed by atoms with Crippen molar-refractivity contribution in [1.82, 2.24) is 20.0 Å². The highest BCUT2D eigenvalue weighted by Crippen LogP contribution is 2.31. The normalized spacial score (nSPS) is 24.8. The zero-order chi connectivity index (χ0) is 18.1. The lowest BCUT2D eigenvalue weighted by molar-refractivity contribution is -0.134. The summed E-state index contributed by atoms with van der Waals surface area (Å²) in [7, 11) is 1.91. The summed E-state index contributed by atoms with van der Waals surface area (Å²) in [6.07, 6.45) is 5.80. The molecular formula is C20H26ClFN4O. The Balaban J connectivity index is 0.00000210. The summed E-state index contributed by atoms with van der Waals surface area (Å²) >= 11 is 0. The van der Waals surface area contributed by atoms with E-state index in [1.807, 2.05) is 36.5 Å². The van der Waals surface area contributed by atoms with Gasteiger partial charge in [0.05, 0.1) is 12.1 Å². The molecule has 4 rings (SSSR count). The molecule has 27 heavy (non-hydrogen) atoms. The Bertz CT molecular complexity index is 779. The molecule has 0 aliphatic carbocycles. The summed E-state index contributed by atoms with van der Waals surface area (Å²) in [6, 6.07) is 6.71. The van der Waals surface area contributed by atoms with Gasteiger partial charge in [0.25, 0.3) is 0 Å². The fourth-order valence-corrected chi connectivity index (χ4v) is 4.31.